The van der Waals surface area contributed by atoms with Crippen molar-refractivity contribution in [2.24, 2.45) is 0 Å². The molecule has 2 heterocycles. The van der Waals surface area contributed by atoms with E-state index in [1.165, 1.54) is 18.2 Å². The van der Waals surface area contributed by atoms with Gasteiger partial charge in [0.05, 0.1) is 5.56 Å². The minimum absolute atomic E-state index is 0.0754. The Labute approximate surface area is 132 Å². The molecule has 2 aromatic rings. The van der Waals surface area contributed by atoms with Gasteiger partial charge in [0.1, 0.15) is 5.82 Å². The zero-order chi connectivity index (χ0) is 15.5. The third kappa shape index (κ3) is 3.28. The number of hydrogen-bond donors (Lipinski definition) is 1. The number of benzene rings is 1. The number of carbonyl (C=O) groups is 1. The minimum Gasteiger partial charge on any atom is -0.336 e. The molecule has 0 spiro atoms. The number of piperazine rings is 1. The number of aromatic amines is 1. The second-order valence-corrected chi connectivity index (χ2v) is 5.71. The van der Waals surface area contributed by atoms with E-state index in [-0.39, 0.29) is 11.5 Å². The molecule has 1 saturated heterocycles. The summed E-state index contributed by atoms with van der Waals surface area (Å²) in [5, 5.41) is 7.13. The maximum atomic E-state index is 13.8. The number of amides is 1. The highest BCUT2D eigenvalue weighted by Crippen LogP contribution is 2.17. The smallest absolute Gasteiger partial charge is 0.256 e. The Morgan fingerprint density at radius 1 is 1.27 bits per heavy atom. The molecule has 0 bridgehead atoms. The predicted octanol–water partition coefficient (Wildman–Crippen LogP) is 2.16. The van der Waals surface area contributed by atoms with Crippen molar-refractivity contribution in [1.82, 2.24) is 20.0 Å². The molecule has 22 heavy (non-hydrogen) atoms. The number of carbonyl (C=O) groups excluding carboxylic acids is 1. The first kappa shape index (κ1) is 15.0. The van der Waals surface area contributed by atoms with Gasteiger partial charge in [-0.05, 0) is 24.3 Å². The SMILES string of the molecule is O=C(c1ccc(Cl)cc1F)N1CCN(Cc2ccn[nH]2)CC1. The van der Waals surface area contributed by atoms with E-state index in [1.54, 1.807) is 11.1 Å². The van der Waals surface area contributed by atoms with Crippen molar-refractivity contribution < 1.29 is 9.18 Å². The van der Waals surface area contributed by atoms with E-state index in [9.17, 15) is 9.18 Å². The van der Waals surface area contributed by atoms with Gasteiger partial charge in [-0.2, -0.15) is 5.10 Å². The molecule has 1 fully saturated rings. The molecule has 5 nitrogen and oxygen atoms in total. The van der Waals surface area contributed by atoms with Gasteiger partial charge in [-0.25, -0.2) is 4.39 Å². The molecule has 1 aromatic carbocycles. The summed E-state index contributed by atoms with van der Waals surface area (Å²) in [6.45, 7) is 3.43. The summed E-state index contributed by atoms with van der Waals surface area (Å²) in [5.41, 5.74) is 1.12. The zero-order valence-corrected chi connectivity index (χ0v) is 12.7. The highest BCUT2D eigenvalue weighted by Gasteiger charge is 2.24. The van der Waals surface area contributed by atoms with Crippen LogP contribution in [0, 0.1) is 5.82 Å². The van der Waals surface area contributed by atoms with Crippen LogP contribution in [0.1, 0.15) is 16.1 Å². The standard InChI is InChI=1S/C15H16ClFN4O/c16-11-1-2-13(14(17)9-11)15(22)21-7-5-20(6-8-21)10-12-3-4-18-19-12/h1-4,9H,5-8,10H2,(H,18,19). The number of H-pyrrole nitrogens is 1. The normalized spacial score (nSPS) is 16.0. The summed E-state index contributed by atoms with van der Waals surface area (Å²) in [4.78, 5) is 16.3. The number of rotatable bonds is 3. The first-order valence-electron chi connectivity index (χ1n) is 7.08. The van der Waals surface area contributed by atoms with Gasteiger partial charge in [0.25, 0.3) is 5.91 Å². The molecule has 1 aliphatic heterocycles. The maximum Gasteiger partial charge on any atom is 0.256 e. The van der Waals surface area contributed by atoms with E-state index < -0.39 is 5.82 Å². The molecule has 1 aromatic heterocycles. The lowest BCUT2D eigenvalue weighted by Crippen LogP contribution is -2.48. The Bertz CT molecular complexity index is 654. The van der Waals surface area contributed by atoms with Crippen molar-refractivity contribution in [1.29, 1.82) is 0 Å². The summed E-state index contributed by atoms with van der Waals surface area (Å²) in [7, 11) is 0. The second kappa shape index (κ2) is 6.46. The Morgan fingerprint density at radius 3 is 2.68 bits per heavy atom. The van der Waals surface area contributed by atoms with Crippen molar-refractivity contribution in [2.75, 3.05) is 26.2 Å². The second-order valence-electron chi connectivity index (χ2n) is 5.27. The molecule has 0 atom stereocenters. The molecule has 3 rings (SSSR count). The van der Waals surface area contributed by atoms with Gasteiger partial charge >= 0.3 is 0 Å². The van der Waals surface area contributed by atoms with Crippen LogP contribution < -0.4 is 0 Å². The Kier molecular flexibility index (Phi) is 4.40. The van der Waals surface area contributed by atoms with Crippen LogP contribution in [0.25, 0.3) is 0 Å². The molecule has 1 N–H and O–H groups in total. The van der Waals surface area contributed by atoms with Gasteiger partial charge in [-0.3, -0.25) is 14.8 Å². The van der Waals surface area contributed by atoms with Gasteiger partial charge in [0.15, 0.2) is 0 Å². The number of halogens is 2. The first-order chi connectivity index (χ1) is 10.6. The van der Waals surface area contributed by atoms with Crippen LogP contribution in [-0.4, -0.2) is 52.1 Å². The number of nitrogens with zero attached hydrogens (tertiary/aromatic N) is 3. The summed E-state index contributed by atoms with van der Waals surface area (Å²) in [6, 6.07) is 6.08. The van der Waals surface area contributed by atoms with Crippen LogP contribution >= 0.6 is 11.6 Å². The van der Waals surface area contributed by atoms with Gasteiger partial charge in [0.2, 0.25) is 0 Å². The van der Waals surface area contributed by atoms with E-state index in [4.69, 9.17) is 11.6 Å². The van der Waals surface area contributed by atoms with Crippen LogP contribution in [0.4, 0.5) is 4.39 Å². The first-order valence-corrected chi connectivity index (χ1v) is 7.46. The highest BCUT2D eigenvalue weighted by atomic mass is 35.5. The van der Waals surface area contributed by atoms with E-state index in [2.05, 4.69) is 15.1 Å². The van der Waals surface area contributed by atoms with Crippen LogP contribution in [0.15, 0.2) is 30.5 Å². The monoisotopic (exact) mass is 322 g/mol. The molecule has 0 unspecified atom stereocenters. The summed E-state index contributed by atoms with van der Waals surface area (Å²) >= 11 is 5.71. The van der Waals surface area contributed by atoms with Gasteiger partial charge in [-0.1, -0.05) is 11.6 Å². The van der Waals surface area contributed by atoms with E-state index in [1.807, 2.05) is 6.07 Å². The van der Waals surface area contributed by atoms with Crippen molar-refractivity contribution in [3.63, 3.8) is 0 Å². The number of hydrogen-bond acceptors (Lipinski definition) is 3. The third-order valence-corrected chi connectivity index (χ3v) is 4.01. The lowest BCUT2D eigenvalue weighted by Gasteiger charge is -2.34. The van der Waals surface area contributed by atoms with E-state index in [0.29, 0.717) is 18.1 Å². The van der Waals surface area contributed by atoms with Crippen molar-refractivity contribution in [3.8, 4) is 0 Å². The van der Waals surface area contributed by atoms with Crippen molar-refractivity contribution >= 4 is 17.5 Å². The Hall–Kier alpha value is -1.92. The fraction of sp³-hybridized carbons (Fsp3) is 0.333. The molecule has 7 heteroatoms. The summed E-state index contributed by atoms with van der Waals surface area (Å²) < 4.78 is 13.8. The van der Waals surface area contributed by atoms with Crippen molar-refractivity contribution in [2.45, 2.75) is 6.54 Å². The molecule has 0 aliphatic carbocycles. The van der Waals surface area contributed by atoms with Gasteiger partial charge < -0.3 is 4.90 Å². The molecule has 0 radical (unpaired) electrons. The predicted molar refractivity (Wildman–Crippen MR) is 81.2 cm³/mol. The fourth-order valence-electron chi connectivity index (χ4n) is 2.56. The van der Waals surface area contributed by atoms with Crippen LogP contribution in [-0.2, 0) is 6.54 Å². The molecular formula is C15H16ClFN4O. The molecular weight excluding hydrogens is 307 g/mol. The maximum absolute atomic E-state index is 13.8. The Morgan fingerprint density at radius 2 is 2.05 bits per heavy atom. The molecule has 0 saturated carbocycles. The number of aromatic nitrogens is 2. The quantitative estimate of drug-likeness (QED) is 0.942. The zero-order valence-electron chi connectivity index (χ0n) is 11.9. The van der Waals surface area contributed by atoms with E-state index in [0.717, 1.165) is 25.3 Å². The van der Waals surface area contributed by atoms with Crippen LogP contribution in [0.2, 0.25) is 5.02 Å². The molecule has 1 amide bonds. The largest absolute Gasteiger partial charge is 0.336 e. The summed E-state index contributed by atoms with van der Waals surface area (Å²) in [6.07, 6.45) is 1.72. The summed E-state index contributed by atoms with van der Waals surface area (Å²) in [5.74, 6) is -0.854. The molecule has 116 valence electrons. The van der Waals surface area contributed by atoms with Crippen LogP contribution in [0.5, 0.6) is 0 Å². The van der Waals surface area contributed by atoms with Crippen molar-refractivity contribution in [3.05, 3.63) is 52.6 Å². The fourth-order valence-corrected chi connectivity index (χ4v) is 2.71. The van der Waals surface area contributed by atoms with Gasteiger partial charge in [0, 0.05) is 49.6 Å². The average molecular weight is 323 g/mol. The number of nitrogens with one attached hydrogen (secondary N) is 1. The lowest BCUT2D eigenvalue weighted by molar-refractivity contribution is 0.0622. The molecule has 1 aliphatic rings. The van der Waals surface area contributed by atoms with Gasteiger partial charge in [-0.15, -0.1) is 0 Å². The third-order valence-electron chi connectivity index (χ3n) is 3.77. The van der Waals surface area contributed by atoms with E-state index >= 15 is 0 Å². The van der Waals surface area contributed by atoms with Crippen LogP contribution in [0.3, 0.4) is 0 Å². The average Bonchev–Trinajstić information content (AvgIpc) is 3.00. The minimum atomic E-state index is -0.572. The highest BCUT2D eigenvalue weighted by molar-refractivity contribution is 6.30. The lowest BCUT2D eigenvalue weighted by atomic mass is 10.1. The topological polar surface area (TPSA) is 52.2 Å². The Balaban J connectivity index is 1.60.